The highest BCUT2D eigenvalue weighted by Gasteiger charge is 2.30. The van der Waals surface area contributed by atoms with Crippen molar-refractivity contribution in [2.24, 2.45) is 5.18 Å². The highest BCUT2D eigenvalue weighted by Crippen LogP contribution is 2.58. The fourth-order valence-corrected chi connectivity index (χ4v) is 6.54. The van der Waals surface area contributed by atoms with Gasteiger partial charge in [-0.1, -0.05) is 12.1 Å². The summed E-state index contributed by atoms with van der Waals surface area (Å²) in [5.41, 5.74) is 0.202. The van der Waals surface area contributed by atoms with E-state index in [4.69, 9.17) is 13.6 Å². The molecule has 7 nitrogen and oxygen atoms in total. The van der Waals surface area contributed by atoms with Gasteiger partial charge in [-0.2, -0.15) is 0 Å². The average molecular weight is 361 g/mol. The Kier molecular flexibility index (Phi) is 8.74. The van der Waals surface area contributed by atoms with Gasteiger partial charge < -0.3 is 13.6 Å². The van der Waals surface area contributed by atoms with Gasteiger partial charge in [0.15, 0.2) is 0 Å². The Morgan fingerprint density at radius 1 is 1.09 bits per heavy atom. The third-order valence-corrected chi connectivity index (χ3v) is 7.88. The molecule has 0 saturated heterocycles. The first-order chi connectivity index (χ1) is 11.0. The van der Waals surface area contributed by atoms with Crippen LogP contribution in [-0.4, -0.2) is 31.6 Å². The van der Waals surface area contributed by atoms with Crippen LogP contribution in [0.25, 0.3) is 0 Å². The smallest absolute Gasteiger partial charge is 0.337 e. The van der Waals surface area contributed by atoms with Crippen molar-refractivity contribution in [3.05, 3.63) is 34.7 Å². The number of hydrogen-bond acceptors (Lipinski definition) is 6. The Morgan fingerprint density at radius 2 is 1.65 bits per heavy atom. The molecule has 0 aliphatic rings. The molecular weight excluding hydrogens is 340 g/mol. The maximum atomic E-state index is 12.7. The first-order valence-corrected chi connectivity index (χ1v) is 10.4. The Balaban J connectivity index is 2.98. The summed E-state index contributed by atoms with van der Waals surface area (Å²) in [7, 11) is -4.48. The van der Waals surface area contributed by atoms with Gasteiger partial charge in [0.25, 0.3) is 0 Å². The maximum absolute atomic E-state index is 12.7. The number of rotatable bonds is 10. The summed E-state index contributed by atoms with van der Waals surface area (Å²) in [5, 5.41) is 3.16. The average Bonchev–Trinajstić information content (AvgIpc) is 2.54. The fourth-order valence-electron chi connectivity index (χ4n) is 1.85. The maximum Gasteiger partial charge on any atom is 0.337 e. The molecule has 0 aliphatic heterocycles. The van der Waals surface area contributed by atoms with Gasteiger partial charge in [0.2, 0.25) is 0 Å². The quantitative estimate of drug-likeness (QED) is 0.464. The standard InChI is InChI=1S/C14H21NO6P2/c1-4-19-22(11-23(18,20-5-2)21-6-3)13-9-7-12(8-10-13)14(16)15-17/h7-10H,4-6,11H2,1-3H3. The summed E-state index contributed by atoms with van der Waals surface area (Å²) in [6, 6.07) is 6.34. The molecule has 0 saturated carbocycles. The molecule has 0 fully saturated rings. The summed E-state index contributed by atoms with van der Waals surface area (Å²) in [4.78, 5) is 21.5. The van der Waals surface area contributed by atoms with Crippen molar-refractivity contribution >= 4 is 27.0 Å². The normalized spacial score (nSPS) is 12.8. The van der Waals surface area contributed by atoms with Crippen molar-refractivity contribution in [1.29, 1.82) is 0 Å². The topological polar surface area (TPSA) is 91.3 Å². The molecule has 0 aromatic heterocycles. The molecule has 1 amide bonds. The van der Waals surface area contributed by atoms with Crippen LogP contribution in [-0.2, 0) is 18.1 Å². The molecule has 1 aromatic carbocycles. The summed E-state index contributed by atoms with van der Waals surface area (Å²) in [6.45, 7) is 6.36. The van der Waals surface area contributed by atoms with E-state index in [1.807, 2.05) is 6.92 Å². The van der Waals surface area contributed by atoms with E-state index in [1.165, 1.54) is 12.1 Å². The zero-order valence-corrected chi connectivity index (χ0v) is 15.2. The zero-order valence-electron chi connectivity index (χ0n) is 13.4. The minimum Gasteiger partial charge on any atom is -0.354 e. The first-order valence-electron chi connectivity index (χ1n) is 7.26. The molecule has 0 bridgehead atoms. The molecular formula is C14H21NO6P2. The van der Waals surface area contributed by atoms with Crippen LogP contribution in [0.2, 0.25) is 0 Å². The lowest BCUT2D eigenvalue weighted by molar-refractivity contribution is 0.100. The van der Waals surface area contributed by atoms with Crippen molar-refractivity contribution in [2.75, 3.05) is 25.7 Å². The molecule has 0 N–H and O–H groups in total. The number of nitrogens with zero attached hydrogens (tertiary/aromatic N) is 1. The van der Waals surface area contributed by atoms with Crippen molar-refractivity contribution < 1.29 is 22.9 Å². The highest BCUT2D eigenvalue weighted by molar-refractivity contribution is 7.74. The lowest BCUT2D eigenvalue weighted by Gasteiger charge is -2.23. The fraction of sp³-hybridized carbons (Fsp3) is 0.500. The number of carbonyl (C=O) groups excluding carboxylic acids is 1. The second-order valence-corrected chi connectivity index (χ2v) is 8.73. The lowest BCUT2D eigenvalue weighted by atomic mass is 10.2. The van der Waals surface area contributed by atoms with Crippen LogP contribution in [0, 0.1) is 4.91 Å². The van der Waals surface area contributed by atoms with Gasteiger partial charge in [-0.05, 0) is 32.9 Å². The van der Waals surface area contributed by atoms with E-state index in [0.717, 1.165) is 5.30 Å². The molecule has 1 aromatic rings. The van der Waals surface area contributed by atoms with Gasteiger partial charge in [0.05, 0.1) is 27.3 Å². The van der Waals surface area contributed by atoms with Gasteiger partial charge in [-0.3, -0.25) is 9.36 Å². The Bertz CT molecular complexity index is 553. The van der Waals surface area contributed by atoms with Crippen LogP contribution < -0.4 is 5.30 Å². The van der Waals surface area contributed by atoms with Gasteiger partial charge in [0, 0.05) is 22.7 Å². The summed E-state index contributed by atoms with van der Waals surface area (Å²) in [6.07, 6.45) is 0. The monoisotopic (exact) mass is 361 g/mol. The Morgan fingerprint density at radius 3 is 2.09 bits per heavy atom. The molecule has 1 unspecified atom stereocenters. The number of hydrogen-bond donors (Lipinski definition) is 0. The van der Waals surface area contributed by atoms with E-state index in [2.05, 4.69) is 5.18 Å². The van der Waals surface area contributed by atoms with Crippen LogP contribution >= 0.6 is 15.7 Å². The number of amides is 1. The van der Waals surface area contributed by atoms with Crippen molar-refractivity contribution in [1.82, 2.24) is 0 Å². The van der Waals surface area contributed by atoms with E-state index < -0.39 is 21.7 Å². The van der Waals surface area contributed by atoms with Crippen molar-refractivity contribution in [3.63, 3.8) is 0 Å². The number of nitroso groups, excluding NO2 is 1. The third-order valence-electron chi connectivity index (χ3n) is 2.72. The van der Waals surface area contributed by atoms with Crippen LogP contribution in [0.4, 0.5) is 0 Å². The largest absolute Gasteiger partial charge is 0.354 e. The van der Waals surface area contributed by atoms with Crippen LogP contribution in [0.1, 0.15) is 31.1 Å². The Labute approximate surface area is 137 Å². The summed E-state index contributed by atoms with van der Waals surface area (Å²) >= 11 is 0. The zero-order chi connectivity index (χ0) is 17.3. The van der Waals surface area contributed by atoms with Crippen LogP contribution in [0.3, 0.4) is 0 Å². The van der Waals surface area contributed by atoms with Gasteiger partial charge in [-0.15, -0.1) is 4.91 Å². The molecule has 23 heavy (non-hydrogen) atoms. The molecule has 1 atom stereocenters. The Hall–Kier alpha value is -0.970. The van der Waals surface area contributed by atoms with Crippen molar-refractivity contribution in [3.8, 4) is 0 Å². The predicted octanol–water partition coefficient (Wildman–Crippen LogP) is 3.88. The van der Waals surface area contributed by atoms with Crippen LogP contribution in [0.15, 0.2) is 29.4 Å². The van der Waals surface area contributed by atoms with E-state index in [1.54, 1.807) is 26.0 Å². The van der Waals surface area contributed by atoms with Gasteiger partial charge in [0.1, 0.15) is 0 Å². The predicted molar refractivity (Wildman–Crippen MR) is 90.5 cm³/mol. The van der Waals surface area contributed by atoms with E-state index in [0.29, 0.717) is 6.61 Å². The van der Waals surface area contributed by atoms with Gasteiger partial charge >= 0.3 is 13.5 Å². The molecule has 1 rings (SSSR count). The number of benzene rings is 1. The van der Waals surface area contributed by atoms with E-state index in [-0.39, 0.29) is 24.7 Å². The molecule has 128 valence electrons. The minimum absolute atomic E-state index is 0.136. The number of carbonyl (C=O) groups is 1. The molecule has 0 heterocycles. The molecule has 0 radical (unpaired) electrons. The highest BCUT2D eigenvalue weighted by atomic mass is 31.2. The van der Waals surface area contributed by atoms with Crippen LogP contribution in [0.5, 0.6) is 0 Å². The summed E-state index contributed by atoms with van der Waals surface area (Å²) < 4.78 is 29.0. The lowest BCUT2D eigenvalue weighted by Crippen LogP contribution is -2.10. The molecule has 9 heteroatoms. The SMILES string of the molecule is CCOP(CP(=O)(OCC)OCC)c1ccc(C(=O)N=O)cc1. The van der Waals surface area contributed by atoms with Gasteiger partial charge in [-0.25, -0.2) is 0 Å². The van der Waals surface area contributed by atoms with Crippen molar-refractivity contribution in [2.45, 2.75) is 20.8 Å². The second kappa shape index (κ2) is 10.0. The second-order valence-electron chi connectivity index (χ2n) is 4.33. The third kappa shape index (κ3) is 6.21. The first kappa shape index (κ1) is 20.1. The summed E-state index contributed by atoms with van der Waals surface area (Å²) in [5.74, 6) is -0.691. The molecule has 0 spiro atoms. The minimum atomic E-state index is -3.24. The van der Waals surface area contributed by atoms with E-state index in [9.17, 15) is 14.3 Å². The van der Waals surface area contributed by atoms with E-state index >= 15 is 0 Å². The molecule has 0 aliphatic carbocycles.